The molecule has 0 aliphatic carbocycles. The summed E-state index contributed by atoms with van der Waals surface area (Å²) in [6.45, 7) is 3.94. The minimum absolute atomic E-state index is 0.0952. The van der Waals surface area contributed by atoms with Crippen molar-refractivity contribution in [2.45, 2.75) is 26.2 Å². The molecule has 0 spiro atoms. The fraction of sp³-hybridized carbons (Fsp3) is 0.286. The van der Waals surface area contributed by atoms with E-state index in [1.54, 1.807) is 24.3 Å². The Kier molecular flexibility index (Phi) is 3.90. The van der Waals surface area contributed by atoms with Crippen molar-refractivity contribution < 1.29 is 5.11 Å². The molecule has 0 bridgehead atoms. The Morgan fingerprint density at radius 2 is 2.00 bits per heavy atom. The second-order valence-electron chi connectivity index (χ2n) is 4.47. The number of H-pyrrole nitrogens is 1. The van der Waals surface area contributed by atoms with Crippen molar-refractivity contribution in [1.82, 2.24) is 9.97 Å². The van der Waals surface area contributed by atoms with Crippen LogP contribution in [-0.2, 0) is 0 Å². The lowest BCUT2D eigenvalue weighted by Crippen LogP contribution is -2.15. The van der Waals surface area contributed by atoms with Gasteiger partial charge in [0.2, 0.25) is 5.88 Å². The van der Waals surface area contributed by atoms with E-state index in [2.05, 4.69) is 9.97 Å². The number of benzene rings is 1. The van der Waals surface area contributed by atoms with E-state index < -0.39 is 0 Å². The van der Waals surface area contributed by atoms with Crippen molar-refractivity contribution in [3.63, 3.8) is 0 Å². The summed E-state index contributed by atoms with van der Waals surface area (Å²) in [6, 6.07) is 6.69. The van der Waals surface area contributed by atoms with Crippen molar-refractivity contribution >= 4 is 11.6 Å². The molecule has 5 heteroatoms. The first-order chi connectivity index (χ1) is 9.02. The van der Waals surface area contributed by atoms with Gasteiger partial charge in [-0.3, -0.25) is 4.79 Å². The molecule has 2 N–H and O–H groups in total. The van der Waals surface area contributed by atoms with Gasteiger partial charge in [0.15, 0.2) is 0 Å². The molecule has 0 aliphatic rings. The SMILES string of the molecule is CCC(C)c1nc(O)c(-c2ccc(Cl)cc2)c(=O)[nH]1. The third-order valence-electron chi connectivity index (χ3n) is 3.13. The molecule has 0 amide bonds. The summed E-state index contributed by atoms with van der Waals surface area (Å²) in [6.07, 6.45) is 0.836. The Bertz CT molecular complexity index is 635. The topological polar surface area (TPSA) is 66.0 Å². The lowest BCUT2D eigenvalue weighted by Gasteiger charge is -2.10. The zero-order valence-corrected chi connectivity index (χ0v) is 11.5. The summed E-state index contributed by atoms with van der Waals surface area (Å²) in [5.41, 5.74) is 0.417. The molecule has 1 aromatic carbocycles. The normalized spacial score (nSPS) is 12.4. The maximum Gasteiger partial charge on any atom is 0.262 e. The maximum atomic E-state index is 12.1. The molecule has 0 radical (unpaired) electrons. The summed E-state index contributed by atoms with van der Waals surface area (Å²) in [7, 11) is 0. The molecule has 0 saturated carbocycles. The predicted octanol–water partition coefficient (Wildman–Crippen LogP) is 3.31. The van der Waals surface area contributed by atoms with E-state index in [1.165, 1.54) is 0 Å². The minimum atomic E-state index is -0.342. The summed E-state index contributed by atoms with van der Waals surface area (Å²) >= 11 is 5.80. The van der Waals surface area contributed by atoms with Gasteiger partial charge in [0, 0.05) is 10.9 Å². The molecule has 0 aliphatic heterocycles. The molecule has 19 heavy (non-hydrogen) atoms. The molecule has 4 nitrogen and oxygen atoms in total. The first kappa shape index (κ1) is 13.6. The molecule has 1 aromatic heterocycles. The molecule has 2 aromatic rings. The molecule has 2 rings (SSSR count). The number of hydrogen-bond donors (Lipinski definition) is 2. The van der Waals surface area contributed by atoms with Gasteiger partial charge in [-0.05, 0) is 24.1 Å². The monoisotopic (exact) mass is 278 g/mol. The number of halogens is 1. The zero-order valence-electron chi connectivity index (χ0n) is 10.8. The Hall–Kier alpha value is -1.81. The van der Waals surface area contributed by atoms with E-state index in [9.17, 15) is 9.90 Å². The van der Waals surface area contributed by atoms with E-state index in [0.717, 1.165) is 6.42 Å². The number of hydrogen-bond acceptors (Lipinski definition) is 3. The van der Waals surface area contributed by atoms with E-state index in [-0.39, 0.29) is 22.9 Å². The molecule has 0 fully saturated rings. The number of aromatic hydroxyl groups is 1. The third kappa shape index (κ3) is 2.79. The molecular weight excluding hydrogens is 264 g/mol. The second kappa shape index (κ2) is 5.45. The van der Waals surface area contributed by atoms with Crippen LogP contribution in [0.3, 0.4) is 0 Å². The van der Waals surface area contributed by atoms with Gasteiger partial charge in [0.1, 0.15) is 11.4 Å². The van der Waals surface area contributed by atoms with Crippen LogP contribution in [0, 0.1) is 0 Å². The number of rotatable bonds is 3. The van der Waals surface area contributed by atoms with E-state index in [1.807, 2.05) is 13.8 Å². The van der Waals surface area contributed by atoms with Crippen LogP contribution in [0.2, 0.25) is 5.02 Å². The van der Waals surface area contributed by atoms with Gasteiger partial charge in [-0.1, -0.05) is 37.6 Å². The fourth-order valence-electron chi connectivity index (χ4n) is 1.78. The number of nitrogens with one attached hydrogen (secondary N) is 1. The Morgan fingerprint density at radius 1 is 1.37 bits per heavy atom. The lowest BCUT2D eigenvalue weighted by atomic mass is 10.1. The maximum absolute atomic E-state index is 12.1. The van der Waals surface area contributed by atoms with Gasteiger partial charge in [-0.25, -0.2) is 0 Å². The van der Waals surface area contributed by atoms with Crippen molar-refractivity contribution in [2.75, 3.05) is 0 Å². The predicted molar refractivity (Wildman–Crippen MR) is 75.7 cm³/mol. The van der Waals surface area contributed by atoms with Gasteiger partial charge in [-0.15, -0.1) is 0 Å². The number of aromatic amines is 1. The van der Waals surface area contributed by atoms with Crippen LogP contribution in [-0.4, -0.2) is 15.1 Å². The summed E-state index contributed by atoms with van der Waals surface area (Å²) in [4.78, 5) is 18.9. The van der Waals surface area contributed by atoms with E-state index in [0.29, 0.717) is 16.4 Å². The largest absolute Gasteiger partial charge is 0.493 e. The van der Waals surface area contributed by atoms with E-state index in [4.69, 9.17) is 11.6 Å². The highest BCUT2D eigenvalue weighted by Gasteiger charge is 2.15. The Morgan fingerprint density at radius 3 is 2.53 bits per heavy atom. The standard InChI is InChI=1S/C14H15ClN2O2/c1-3-8(2)12-16-13(18)11(14(19)17-12)9-4-6-10(15)7-5-9/h4-8H,3H2,1-2H3,(H2,16,17,18,19). The van der Waals surface area contributed by atoms with Crippen molar-refractivity contribution in [3.05, 3.63) is 45.5 Å². The van der Waals surface area contributed by atoms with Gasteiger partial charge in [0.05, 0.1) is 0 Å². The first-order valence-electron chi connectivity index (χ1n) is 6.12. The highest BCUT2D eigenvalue weighted by Crippen LogP contribution is 2.26. The third-order valence-corrected chi connectivity index (χ3v) is 3.38. The second-order valence-corrected chi connectivity index (χ2v) is 4.90. The highest BCUT2D eigenvalue weighted by atomic mass is 35.5. The number of nitrogens with zero attached hydrogens (tertiary/aromatic N) is 1. The minimum Gasteiger partial charge on any atom is -0.493 e. The van der Waals surface area contributed by atoms with Crippen LogP contribution in [0.25, 0.3) is 11.1 Å². The van der Waals surface area contributed by atoms with Crippen LogP contribution >= 0.6 is 11.6 Å². The van der Waals surface area contributed by atoms with Gasteiger partial charge in [0.25, 0.3) is 5.56 Å². The zero-order chi connectivity index (χ0) is 14.0. The smallest absolute Gasteiger partial charge is 0.262 e. The van der Waals surface area contributed by atoms with Crippen LogP contribution in [0.4, 0.5) is 0 Å². The van der Waals surface area contributed by atoms with Crippen molar-refractivity contribution in [1.29, 1.82) is 0 Å². The van der Waals surface area contributed by atoms with Crippen LogP contribution in [0.15, 0.2) is 29.1 Å². The molecule has 0 saturated heterocycles. The van der Waals surface area contributed by atoms with Crippen molar-refractivity contribution in [3.8, 4) is 17.0 Å². The summed E-state index contributed by atoms with van der Waals surface area (Å²) < 4.78 is 0. The van der Waals surface area contributed by atoms with Gasteiger partial charge >= 0.3 is 0 Å². The summed E-state index contributed by atoms with van der Waals surface area (Å²) in [5.74, 6) is 0.349. The average molecular weight is 279 g/mol. The molecular formula is C14H15ClN2O2. The van der Waals surface area contributed by atoms with Crippen molar-refractivity contribution in [2.24, 2.45) is 0 Å². The quantitative estimate of drug-likeness (QED) is 0.905. The molecule has 100 valence electrons. The fourth-order valence-corrected chi connectivity index (χ4v) is 1.91. The van der Waals surface area contributed by atoms with Gasteiger partial charge < -0.3 is 10.1 Å². The molecule has 1 heterocycles. The molecule has 1 atom stereocenters. The average Bonchev–Trinajstić information content (AvgIpc) is 2.39. The Labute approximate surface area is 116 Å². The van der Waals surface area contributed by atoms with Crippen LogP contribution in [0.5, 0.6) is 5.88 Å². The van der Waals surface area contributed by atoms with E-state index >= 15 is 0 Å². The van der Waals surface area contributed by atoms with Crippen LogP contribution < -0.4 is 5.56 Å². The Balaban J connectivity index is 2.54. The van der Waals surface area contributed by atoms with Crippen LogP contribution in [0.1, 0.15) is 32.0 Å². The highest BCUT2D eigenvalue weighted by molar-refractivity contribution is 6.30. The number of aromatic nitrogens is 2. The lowest BCUT2D eigenvalue weighted by molar-refractivity contribution is 0.446. The first-order valence-corrected chi connectivity index (χ1v) is 6.49. The summed E-state index contributed by atoms with van der Waals surface area (Å²) in [5, 5.41) is 10.5. The molecule has 1 unspecified atom stereocenters. The van der Waals surface area contributed by atoms with Gasteiger partial charge in [-0.2, -0.15) is 4.98 Å².